The van der Waals surface area contributed by atoms with E-state index in [1.807, 2.05) is 42.5 Å². The number of hydrogen-bond donors (Lipinski definition) is 1. The summed E-state index contributed by atoms with van der Waals surface area (Å²) in [5.41, 5.74) is 1.15. The zero-order valence-corrected chi connectivity index (χ0v) is 10.2. The van der Waals surface area contributed by atoms with Crippen LogP contribution < -0.4 is 10.1 Å². The lowest BCUT2D eigenvalue weighted by Gasteiger charge is -2.03. The Morgan fingerprint density at radius 1 is 1.22 bits per heavy atom. The molecule has 4 heteroatoms. The molecule has 0 bridgehead atoms. The van der Waals surface area contributed by atoms with Gasteiger partial charge in [-0.05, 0) is 11.6 Å². The molecule has 0 aliphatic rings. The molecule has 0 saturated heterocycles. The van der Waals surface area contributed by atoms with Crippen molar-refractivity contribution < 1.29 is 4.74 Å². The fraction of sp³-hybridized carbons (Fsp3) is 0.143. The topological polar surface area (TPSA) is 47.0 Å². The SMILES string of the molecule is CNc1nccc(OC/C=C/c2ccccc2)n1. The quantitative estimate of drug-likeness (QED) is 0.874. The number of aromatic nitrogens is 2. The molecule has 0 radical (unpaired) electrons. The lowest BCUT2D eigenvalue weighted by atomic mass is 10.2. The van der Waals surface area contributed by atoms with Crippen LogP contribution in [0.5, 0.6) is 5.88 Å². The smallest absolute Gasteiger partial charge is 0.225 e. The van der Waals surface area contributed by atoms with Crippen molar-refractivity contribution in [1.29, 1.82) is 0 Å². The predicted molar refractivity (Wildman–Crippen MR) is 72.5 cm³/mol. The maximum Gasteiger partial charge on any atom is 0.225 e. The third kappa shape index (κ3) is 3.59. The van der Waals surface area contributed by atoms with E-state index < -0.39 is 0 Å². The maximum absolute atomic E-state index is 5.49. The number of rotatable bonds is 5. The van der Waals surface area contributed by atoms with Crippen LogP contribution >= 0.6 is 0 Å². The highest BCUT2D eigenvalue weighted by Crippen LogP contribution is 2.08. The highest BCUT2D eigenvalue weighted by Gasteiger charge is 1.96. The van der Waals surface area contributed by atoms with Crippen LogP contribution in [0.15, 0.2) is 48.7 Å². The summed E-state index contributed by atoms with van der Waals surface area (Å²) >= 11 is 0. The van der Waals surface area contributed by atoms with E-state index in [0.29, 0.717) is 18.4 Å². The second-order valence-electron chi connectivity index (χ2n) is 3.59. The van der Waals surface area contributed by atoms with E-state index in [1.54, 1.807) is 19.3 Å². The molecule has 1 aromatic heterocycles. The minimum atomic E-state index is 0.481. The van der Waals surface area contributed by atoms with Crippen LogP contribution in [0.1, 0.15) is 5.56 Å². The molecule has 1 N–H and O–H groups in total. The molecule has 0 aliphatic heterocycles. The molecule has 0 fully saturated rings. The number of benzene rings is 1. The average molecular weight is 241 g/mol. The lowest BCUT2D eigenvalue weighted by molar-refractivity contribution is 0.349. The molecule has 2 rings (SSSR count). The molecule has 0 unspecified atom stereocenters. The molecule has 0 saturated carbocycles. The Bertz CT molecular complexity index is 511. The summed E-state index contributed by atoms with van der Waals surface area (Å²) in [6.07, 6.45) is 5.63. The third-order valence-corrected chi connectivity index (χ3v) is 2.29. The van der Waals surface area contributed by atoms with Crippen molar-refractivity contribution in [3.63, 3.8) is 0 Å². The van der Waals surface area contributed by atoms with Crippen molar-refractivity contribution in [3.8, 4) is 5.88 Å². The van der Waals surface area contributed by atoms with Gasteiger partial charge in [-0.2, -0.15) is 4.98 Å². The van der Waals surface area contributed by atoms with Crippen molar-refractivity contribution in [2.24, 2.45) is 0 Å². The predicted octanol–water partition coefficient (Wildman–Crippen LogP) is 2.61. The van der Waals surface area contributed by atoms with Crippen molar-refractivity contribution >= 4 is 12.0 Å². The number of ether oxygens (including phenoxy) is 1. The molecule has 1 aromatic carbocycles. The Morgan fingerprint density at radius 3 is 2.83 bits per heavy atom. The van der Waals surface area contributed by atoms with Gasteiger partial charge in [0.2, 0.25) is 11.8 Å². The van der Waals surface area contributed by atoms with Gasteiger partial charge < -0.3 is 10.1 Å². The van der Waals surface area contributed by atoms with Crippen molar-refractivity contribution in [3.05, 3.63) is 54.2 Å². The van der Waals surface area contributed by atoms with Crippen LogP contribution in [0.2, 0.25) is 0 Å². The summed E-state index contributed by atoms with van der Waals surface area (Å²) in [4.78, 5) is 8.17. The van der Waals surface area contributed by atoms with Crippen LogP contribution in [-0.4, -0.2) is 23.6 Å². The molecule has 92 valence electrons. The van der Waals surface area contributed by atoms with Gasteiger partial charge in [-0.15, -0.1) is 0 Å². The molecular weight excluding hydrogens is 226 g/mol. The molecule has 0 amide bonds. The third-order valence-electron chi connectivity index (χ3n) is 2.29. The van der Waals surface area contributed by atoms with Crippen molar-refractivity contribution in [2.45, 2.75) is 0 Å². The van der Waals surface area contributed by atoms with Crippen LogP contribution in [0, 0.1) is 0 Å². The standard InChI is InChI=1S/C14H15N3O/c1-15-14-16-10-9-13(17-14)18-11-5-8-12-6-3-2-4-7-12/h2-10H,11H2,1H3,(H,15,16,17)/b8-5+. The lowest BCUT2D eigenvalue weighted by Crippen LogP contribution is -2.00. The summed E-state index contributed by atoms with van der Waals surface area (Å²) in [5, 5.41) is 2.86. The number of anilines is 1. The molecule has 18 heavy (non-hydrogen) atoms. The summed E-state index contributed by atoms with van der Waals surface area (Å²) < 4.78 is 5.49. The van der Waals surface area contributed by atoms with Gasteiger partial charge in [0, 0.05) is 19.3 Å². The molecule has 0 spiro atoms. The Labute approximate surface area is 106 Å². The molecule has 0 atom stereocenters. The Hall–Kier alpha value is -2.36. The second-order valence-corrected chi connectivity index (χ2v) is 3.59. The number of nitrogens with one attached hydrogen (secondary N) is 1. The van der Waals surface area contributed by atoms with Gasteiger partial charge in [0.15, 0.2) is 0 Å². The van der Waals surface area contributed by atoms with Crippen molar-refractivity contribution in [1.82, 2.24) is 9.97 Å². The molecule has 0 aliphatic carbocycles. The van der Waals surface area contributed by atoms with Gasteiger partial charge in [0.1, 0.15) is 6.61 Å². The van der Waals surface area contributed by atoms with Crippen LogP contribution in [-0.2, 0) is 0 Å². The highest BCUT2D eigenvalue weighted by atomic mass is 16.5. The van der Waals surface area contributed by atoms with Crippen LogP contribution in [0.25, 0.3) is 6.08 Å². The van der Waals surface area contributed by atoms with Gasteiger partial charge in [0.05, 0.1) is 0 Å². The second kappa shape index (κ2) is 6.39. The minimum absolute atomic E-state index is 0.481. The van der Waals surface area contributed by atoms with Crippen LogP contribution in [0.4, 0.5) is 5.95 Å². The Balaban J connectivity index is 1.86. The fourth-order valence-corrected chi connectivity index (χ4v) is 1.42. The largest absolute Gasteiger partial charge is 0.473 e. The van der Waals surface area contributed by atoms with Crippen molar-refractivity contribution in [2.75, 3.05) is 19.0 Å². The first-order valence-corrected chi connectivity index (χ1v) is 5.73. The highest BCUT2D eigenvalue weighted by molar-refractivity contribution is 5.48. The van der Waals surface area contributed by atoms with Gasteiger partial charge in [0.25, 0.3) is 0 Å². The zero-order valence-electron chi connectivity index (χ0n) is 10.2. The van der Waals surface area contributed by atoms with Crippen LogP contribution in [0.3, 0.4) is 0 Å². The zero-order chi connectivity index (χ0) is 12.6. The summed E-state index contributed by atoms with van der Waals surface area (Å²) in [6, 6.07) is 11.8. The number of hydrogen-bond acceptors (Lipinski definition) is 4. The fourth-order valence-electron chi connectivity index (χ4n) is 1.42. The minimum Gasteiger partial charge on any atom is -0.473 e. The van der Waals surface area contributed by atoms with Gasteiger partial charge in [-0.3, -0.25) is 0 Å². The summed E-state index contributed by atoms with van der Waals surface area (Å²) in [7, 11) is 1.77. The average Bonchev–Trinajstić information content (AvgIpc) is 2.45. The maximum atomic E-state index is 5.49. The first kappa shape index (κ1) is 12.1. The summed E-state index contributed by atoms with van der Waals surface area (Å²) in [6.45, 7) is 0.481. The van der Waals surface area contributed by atoms with Gasteiger partial charge >= 0.3 is 0 Å². The Morgan fingerprint density at radius 2 is 2.06 bits per heavy atom. The van der Waals surface area contributed by atoms with E-state index in [-0.39, 0.29) is 0 Å². The first-order valence-electron chi connectivity index (χ1n) is 5.73. The normalized spacial score (nSPS) is 10.5. The van der Waals surface area contributed by atoms with E-state index in [1.165, 1.54) is 0 Å². The van der Waals surface area contributed by atoms with Gasteiger partial charge in [-0.1, -0.05) is 36.4 Å². The number of nitrogens with zero attached hydrogens (tertiary/aromatic N) is 2. The molecule has 2 aromatic rings. The first-order chi connectivity index (χ1) is 8.88. The van der Waals surface area contributed by atoms with Gasteiger partial charge in [-0.25, -0.2) is 4.98 Å². The van der Waals surface area contributed by atoms with E-state index >= 15 is 0 Å². The van der Waals surface area contributed by atoms with E-state index in [4.69, 9.17) is 4.74 Å². The van der Waals surface area contributed by atoms with E-state index in [2.05, 4.69) is 15.3 Å². The molecular formula is C14H15N3O. The molecule has 1 heterocycles. The monoisotopic (exact) mass is 241 g/mol. The Kier molecular flexibility index (Phi) is 4.30. The summed E-state index contributed by atoms with van der Waals surface area (Å²) in [5.74, 6) is 1.12. The van der Waals surface area contributed by atoms with E-state index in [9.17, 15) is 0 Å². The van der Waals surface area contributed by atoms with E-state index in [0.717, 1.165) is 5.56 Å². The molecule has 4 nitrogen and oxygen atoms in total.